The van der Waals surface area contributed by atoms with Gasteiger partial charge in [-0.15, -0.1) is 6.58 Å². The van der Waals surface area contributed by atoms with Crippen molar-refractivity contribution in [2.75, 3.05) is 6.54 Å². The lowest BCUT2D eigenvalue weighted by molar-refractivity contribution is -0.692. The maximum Gasteiger partial charge on any atom is 0.237 e. The van der Waals surface area contributed by atoms with Crippen molar-refractivity contribution in [3.8, 4) is 0 Å². The summed E-state index contributed by atoms with van der Waals surface area (Å²) in [6.07, 6.45) is 5.44. The molecule has 1 atom stereocenters. The van der Waals surface area contributed by atoms with Crippen LogP contribution in [0, 0.1) is 20.8 Å². The fourth-order valence-electron chi connectivity index (χ4n) is 2.44. The van der Waals surface area contributed by atoms with Crippen LogP contribution in [-0.4, -0.2) is 17.4 Å². The Morgan fingerprint density at radius 2 is 2.04 bits per heavy atom. The van der Waals surface area contributed by atoms with E-state index in [1.165, 1.54) is 0 Å². The number of carbonyl (C=O) groups is 1. The van der Waals surface area contributed by atoms with E-state index in [1.807, 2.05) is 68.1 Å². The Bertz CT molecular complexity index is 796. The van der Waals surface area contributed by atoms with Gasteiger partial charge in [-0.05, 0) is 49.1 Å². The van der Waals surface area contributed by atoms with E-state index in [9.17, 15) is 4.79 Å². The minimum atomic E-state index is -0.623. The molecule has 0 N–H and O–H groups in total. The van der Waals surface area contributed by atoms with Crippen LogP contribution in [0.4, 0.5) is 0 Å². The van der Waals surface area contributed by atoms with E-state index in [-0.39, 0.29) is 5.78 Å². The molecule has 1 aromatic heterocycles. The number of nitrogens with zero attached hydrogens (tertiary/aromatic N) is 2. The van der Waals surface area contributed by atoms with E-state index in [2.05, 4.69) is 11.6 Å². The number of hydrogen-bond acceptors (Lipinski definition) is 3. The molecule has 0 saturated heterocycles. The van der Waals surface area contributed by atoms with Crippen molar-refractivity contribution < 1.29 is 9.36 Å². The van der Waals surface area contributed by atoms with Crippen LogP contribution in [0.25, 0.3) is 0 Å². The molecule has 24 heavy (non-hydrogen) atoms. The molecule has 0 aliphatic heterocycles. The molecule has 3 nitrogen and oxygen atoms in total. The molecular formula is C20H22N2OS. The number of aryl methyl sites for hydroxylation is 3. The largest absolute Gasteiger partial charge is 0.758 e. The lowest BCUT2D eigenvalue weighted by Gasteiger charge is -2.19. The zero-order valence-electron chi connectivity index (χ0n) is 14.3. The van der Waals surface area contributed by atoms with Gasteiger partial charge < -0.3 is 17.6 Å². The molecule has 0 aliphatic carbocycles. The zero-order chi connectivity index (χ0) is 17.7. The minimum Gasteiger partial charge on any atom is -0.758 e. The number of carbonyl (C=O) groups excluding carboxylic acids is 1. The molecule has 0 fully saturated rings. The predicted octanol–water partition coefficient (Wildman–Crippen LogP) is 3.45. The first-order chi connectivity index (χ1) is 11.4. The van der Waals surface area contributed by atoms with Crippen molar-refractivity contribution >= 4 is 23.5 Å². The molecule has 0 saturated carbocycles. The molecule has 4 heteroatoms. The molecule has 124 valence electrons. The third kappa shape index (κ3) is 4.15. The van der Waals surface area contributed by atoms with Gasteiger partial charge in [0, 0.05) is 17.2 Å². The van der Waals surface area contributed by atoms with E-state index in [0.29, 0.717) is 17.2 Å². The second kappa shape index (κ2) is 7.97. The van der Waals surface area contributed by atoms with Crippen molar-refractivity contribution in [2.45, 2.75) is 26.8 Å². The van der Waals surface area contributed by atoms with Gasteiger partial charge in [-0.3, -0.25) is 4.79 Å². The van der Waals surface area contributed by atoms with Gasteiger partial charge in [-0.2, -0.15) is 4.57 Å². The van der Waals surface area contributed by atoms with E-state index < -0.39 is 6.04 Å². The van der Waals surface area contributed by atoms with Crippen LogP contribution in [-0.2, 0) is 12.6 Å². The Hall–Kier alpha value is -2.33. The Labute approximate surface area is 149 Å². The highest BCUT2D eigenvalue weighted by molar-refractivity contribution is 7.77. The zero-order valence-corrected chi connectivity index (χ0v) is 15.1. The van der Waals surface area contributed by atoms with Crippen LogP contribution in [0.1, 0.15) is 33.1 Å². The van der Waals surface area contributed by atoms with Gasteiger partial charge in [0.25, 0.3) is 0 Å². The Morgan fingerprint density at radius 1 is 1.29 bits per heavy atom. The number of hydrogen-bond donors (Lipinski definition) is 0. The summed E-state index contributed by atoms with van der Waals surface area (Å²) in [7, 11) is 0. The first-order valence-corrected chi connectivity index (χ1v) is 8.26. The Morgan fingerprint density at radius 3 is 2.67 bits per heavy atom. The lowest BCUT2D eigenvalue weighted by Crippen LogP contribution is -2.48. The number of pyridine rings is 1. The smallest absolute Gasteiger partial charge is 0.237 e. The van der Waals surface area contributed by atoms with E-state index in [4.69, 9.17) is 12.6 Å². The van der Waals surface area contributed by atoms with Crippen LogP contribution in [0.5, 0.6) is 0 Å². The number of Topliss-reactive ketones (excluding diaryl/α,β-unsaturated/α-hetero) is 1. The summed E-state index contributed by atoms with van der Waals surface area (Å²) in [5.74, 6) is -0.0495. The lowest BCUT2D eigenvalue weighted by atomic mass is 9.99. The van der Waals surface area contributed by atoms with Crippen LogP contribution < -0.4 is 4.57 Å². The summed E-state index contributed by atoms with van der Waals surface area (Å²) >= 11 is 5.44. The fourth-order valence-corrected chi connectivity index (χ4v) is 2.75. The van der Waals surface area contributed by atoms with Crippen molar-refractivity contribution in [2.24, 2.45) is 4.99 Å². The molecule has 0 spiro atoms. The fraction of sp³-hybridized carbons (Fsp3) is 0.250. The summed E-state index contributed by atoms with van der Waals surface area (Å²) in [6, 6.07) is 9.00. The third-order valence-electron chi connectivity index (χ3n) is 3.92. The number of ketones is 1. The Balaban J connectivity index is 2.50. The quantitative estimate of drug-likeness (QED) is 0.202. The normalized spacial score (nSPS) is 12.7. The van der Waals surface area contributed by atoms with Gasteiger partial charge in [0.15, 0.2) is 12.4 Å². The highest BCUT2D eigenvalue weighted by atomic mass is 32.1. The molecule has 2 rings (SSSR count). The number of aliphatic imine (C=N–C) groups is 1. The molecule has 0 aliphatic rings. The summed E-state index contributed by atoms with van der Waals surface area (Å²) in [4.78, 5) is 17.4. The average Bonchev–Trinajstić information content (AvgIpc) is 2.55. The average molecular weight is 338 g/mol. The topological polar surface area (TPSA) is 33.3 Å². The SMILES string of the molecule is C=CCN=C([S-])[C@@H](C(=O)c1ccc(C)c(C)c1)[n+]1cccc(C)c1. The molecular weight excluding hydrogens is 316 g/mol. The van der Waals surface area contributed by atoms with Crippen molar-refractivity contribution in [1.82, 2.24) is 0 Å². The Kier molecular flexibility index (Phi) is 5.99. The van der Waals surface area contributed by atoms with Crippen LogP contribution in [0.2, 0.25) is 0 Å². The van der Waals surface area contributed by atoms with Gasteiger partial charge >= 0.3 is 0 Å². The number of benzene rings is 1. The summed E-state index contributed by atoms with van der Waals surface area (Å²) in [5, 5.41) is 0.369. The minimum absolute atomic E-state index is 0.0495. The van der Waals surface area contributed by atoms with Gasteiger partial charge in [0.2, 0.25) is 11.8 Å². The second-order valence-corrected chi connectivity index (χ2v) is 6.28. The molecule has 1 aromatic carbocycles. The molecule has 0 unspecified atom stereocenters. The van der Waals surface area contributed by atoms with Gasteiger partial charge in [0.05, 0.1) is 6.54 Å². The molecule has 0 amide bonds. The number of aromatic nitrogens is 1. The highest BCUT2D eigenvalue weighted by Gasteiger charge is 2.28. The maximum absolute atomic E-state index is 13.1. The summed E-state index contributed by atoms with van der Waals surface area (Å²) in [5.41, 5.74) is 3.95. The van der Waals surface area contributed by atoms with Gasteiger partial charge in [0.1, 0.15) is 0 Å². The first kappa shape index (κ1) is 18.0. The predicted molar refractivity (Wildman–Crippen MR) is 101 cm³/mol. The maximum atomic E-state index is 13.1. The van der Waals surface area contributed by atoms with Crippen molar-refractivity contribution in [1.29, 1.82) is 0 Å². The monoisotopic (exact) mass is 338 g/mol. The molecule has 2 aromatic rings. The van der Waals surface area contributed by atoms with E-state index >= 15 is 0 Å². The van der Waals surface area contributed by atoms with Crippen molar-refractivity contribution in [3.63, 3.8) is 0 Å². The van der Waals surface area contributed by atoms with Gasteiger partial charge in [-0.25, -0.2) is 0 Å². The summed E-state index contributed by atoms with van der Waals surface area (Å²) < 4.78 is 1.84. The van der Waals surface area contributed by atoms with E-state index in [1.54, 1.807) is 6.08 Å². The van der Waals surface area contributed by atoms with Gasteiger partial charge in [-0.1, -0.05) is 18.2 Å². The molecule has 0 bridgehead atoms. The number of rotatable bonds is 6. The standard InChI is InChI=1S/C20H22N2OS/c1-5-10-21-20(24)18(22-11-6-7-14(2)13-22)19(23)17-9-8-15(3)16(4)12-17/h5-9,11-13,18H,1,10H2,2-4H3/t18-/m1/s1. The van der Waals surface area contributed by atoms with Crippen LogP contribution in [0.15, 0.2) is 60.4 Å². The van der Waals surface area contributed by atoms with Crippen LogP contribution in [0.3, 0.4) is 0 Å². The molecule has 0 radical (unpaired) electrons. The molecule has 1 heterocycles. The second-order valence-electron chi connectivity index (χ2n) is 5.86. The summed E-state index contributed by atoms with van der Waals surface area (Å²) in [6.45, 7) is 10.1. The third-order valence-corrected chi connectivity index (χ3v) is 4.27. The van der Waals surface area contributed by atoms with Crippen LogP contribution >= 0.6 is 0 Å². The van der Waals surface area contributed by atoms with E-state index in [0.717, 1.165) is 16.7 Å². The van der Waals surface area contributed by atoms with Crippen molar-refractivity contribution in [3.05, 3.63) is 77.6 Å². The first-order valence-electron chi connectivity index (χ1n) is 7.85. The highest BCUT2D eigenvalue weighted by Crippen LogP contribution is 2.16.